The maximum atomic E-state index is 5.96. The largest absolute Gasteiger partial charge is 0.315 e. The van der Waals surface area contributed by atoms with E-state index in [2.05, 4.69) is 175 Å². The minimum absolute atomic E-state index is 0.165. The van der Waals surface area contributed by atoms with Gasteiger partial charge in [0, 0.05) is 47.2 Å². The van der Waals surface area contributed by atoms with Crippen LogP contribution in [0.4, 0.5) is 0 Å². The summed E-state index contributed by atoms with van der Waals surface area (Å²) in [6, 6.07) is 24.3. The van der Waals surface area contributed by atoms with Gasteiger partial charge in [-0.25, -0.2) is 0 Å². The van der Waals surface area contributed by atoms with E-state index in [9.17, 15) is 0 Å². The van der Waals surface area contributed by atoms with Crippen molar-refractivity contribution in [2.75, 3.05) is 0 Å². The molecule has 3 aliphatic rings. The van der Waals surface area contributed by atoms with Gasteiger partial charge in [0.2, 0.25) is 0 Å². The first-order valence-electron chi connectivity index (χ1n) is 18.1. The lowest BCUT2D eigenvalue weighted by Crippen LogP contribution is -2.18. The highest BCUT2D eigenvalue weighted by Crippen LogP contribution is 2.49. The fourth-order valence-corrected chi connectivity index (χ4v) is 7.55. The van der Waals surface area contributed by atoms with E-state index in [0.717, 1.165) is 52.6 Å². The van der Waals surface area contributed by atoms with Crippen LogP contribution in [0.15, 0.2) is 162 Å². The second-order valence-electron chi connectivity index (χ2n) is 12.8. The van der Waals surface area contributed by atoms with Crippen LogP contribution in [0, 0.1) is 29.6 Å². The van der Waals surface area contributed by atoms with E-state index in [1.54, 1.807) is 0 Å². The van der Waals surface area contributed by atoms with Gasteiger partial charge in [-0.05, 0) is 70.1 Å². The number of aromatic nitrogens is 1. The Morgan fingerprint density at radius 2 is 1.60 bits per heavy atom. The van der Waals surface area contributed by atoms with Crippen LogP contribution in [0.3, 0.4) is 0 Å². The number of rotatable bonds is 9. The molecule has 1 unspecified atom stereocenters. The van der Waals surface area contributed by atoms with Crippen molar-refractivity contribution in [3.8, 4) is 23.7 Å². The number of benzene rings is 3. The second kappa shape index (κ2) is 16.4. The summed E-state index contributed by atoms with van der Waals surface area (Å²) in [7, 11) is 0. The molecule has 1 heterocycles. The first kappa shape index (κ1) is 34.5. The van der Waals surface area contributed by atoms with Crippen molar-refractivity contribution in [3.05, 3.63) is 179 Å². The Kier molecular flexibility index (Phi) is 10.9. The maximum absolute atomic E-state index is 5.96. The molecule has 3 aliphatic carbocycles. The highest BCUT2D eigenvalue weighted by Gasteiger charge is 2.33. The summed E-state index contributed by atoms with van der Waals surface area (Å²) in [4.78, 5) is 0. The number of nitrogens with zero attached hydrogens (tertiary/aromatic N) is 1. The third kappa shape index (κ3) is 6.87. The van der Waals surface area contributed by atoms with Gasteiger partial charge in [-0.15, -0.1) is 0 Å². The van der Waals surface area contributed by atoms with Gasteiger partial charge in [0.15, 0.2) is 0 Å². The molecule has 0 fully saturated rings. The molecule has 2 heteroatoms. The number of hydrogen-bond donors (Lipinski definition) is 0. The SMILES string of the molecule is C\C=C/C=C\C=C\n1c2ccccc2c2cccc(C3=C(/C=C\CC)C(C=S)=C(c4ccc(C5=C/CC#CC/C=C\5)cc4)C4C#CC/C=C\C=C3/4)c21. The van der Waals surface area contributed by atoms with Crippen LogP contribution in [0.2, 0.25) is 0 Å². The first-order chi connectivity index (χ1) is 25.7. The molecule has 1 nitrogen and oxygen atoms in total. The van der Waals surface area contributed by atoms with Crippen molar-refractivity contribution in [1.82, 2.24) is 4.57 Å². The minimum Gasteiger partial charge on any atom is -0.315 e. The van der Waals surface area contributed by atoms with Crippen molar-refractivity contribution in [2.24, 2.45) is 5.92 Å². The summed E-state index contributed by atoms with van der Waals surface area (Å²) >= 11 is 5.96. The lowest BCUT2D eigenvalue weighted by atomic mass is 9.70. The number of hydrogen-bond acceptors (Lipinski definition) is 1. The summed E-state index contributed by atoms with van der Waals surface area (Å²) in [5.74, 6) is 13.5. The Morgan fingerprint density at radius 1 is 0.808 bits per heavy atom. The number of fused-ring (bicyclic) bond motifs is 4. The Balaban J connectivity index is 1.52. The van der Waals surface area contributed by atoms with Crippen LogP contribution >= 0.6 is 12.2 Å². The fraction of sp³-hybridized carbons (Fsp3) is 0.140. The molecule has 0 bridgehead atoms. The number of para-hydroxylation sites is 2. The molecular weight excluding hydrogens is 647 g/mol. The van der Waals surface area contributed by atoms with E-state index in [1.807, 2.05) is 24.4 Å². The van der Waals surface area contributed by atoms with Crippen LogP contribution in [-0.4, -0.2) is 9.93 Å². The molecule has 7 rings (SSSR count). The van der Waals surface area contributed by atoms with Gasteiger partial charge >= 0.3 is 0 Å². The van der Waals surface area contributed by atoms with Crippen LogP contribution in [0.5, 0.6) is 0 Å². The van der Waals surface area contributed by atoms with Crippen LogP contribution < -0.4 is 0 Å². The van der Waals surface area contributed by atoms with Gasteiger partial charge in [-0.2, -0.15) is 0 Å². The van der Waals surface area contributed by atoms with Gasteiger partial charge in [0.1, 0.15) is 0 Å². The molecule has 0 spiro atoms. The van der Waals surface area contributed by atoms with Crippen molar-refractivity contribution in [2.45, 2.75) is 39.5 Å². The van der Waals surface area contributed by atoms with E-state index < -0.39 is 0 Å². The quantitative estimate of drug-likeness (QED) is 0.0963. The first-order valence-corrected chi connectivity index (χ1v) is 18.6. The molecule has 4 aromatic rings. The lowest BCUT2D eigenvalue weighted by Gasteiger charge is -2.32. The molecule has 0 aliphatic heterocycles. The standard InChI is InChI=1S/C50H41NS/c1-3-5-7-13-20-35-51-47-30-19-18-25-40(47)44-28-21-29-45(50(44)51)49-42-27-17-12-11-16-26-41(42)48(46(36-52)43(49)24-6-4-2)39-33-31-38(32-34-39)37-22-14-9-8-10-15-23-37/h3,5-7,12-14,17-25,27-36,41H,4,9,11,15H2,1-2H3/b5-3-,13-7-,17-12-,22-14-,24-6-,35-20+,37-23+,42-27+. The molecule has 252 valence electrons. The van der Waals surface area contributed by atoms with Gasteiger partial charge in [0.25, 0.3) is 0 Å². The van der Waals surface area contributed by atoms with Crippen LogP contribution in [0.1, 0.15) is 56.2 Å². The Morgan fingerprint density at radius 3 is 2.44 bits per heavy atom. The van der Waals surface area contributed by atoms with Crippen molar-refractivity contribution >= 4 is 62.3 Å². The van der Waals surface area contributed by atoms with E-state index >= 15 is 0 Å². The van der Waals surface area contributed by atoms with Crippen LogP contribution in [0.25, 0.3) is 44.7 Å². The number of allylic oxidation sites excluding steroid dienone is 19. The van der Waals surface area contributed by atoms with Crippen LogP contribution in [-0.2, 0) is 0 Å². The summed E-state index contributed by atoms with van der Waals surface area (Å²) < 4.78 is 2.34. The van der Waals surface area contributed by atoms with E-state index in [0.29, 0.717) is 6.42 Å². The molecule has 52 heavy (non-hydrogen) atoms. The second-order valence-corrected chi connectivity index (χ2v) is 13.0. The molecule has 0 saturated carbocycles. The topological polar surface area (TPSA) is 4.93 Å². The Labute approximate surface area is 313 Å². The molecule has 0 saturated heterocycles. The average molecular weight is 688 g/mol. The summed E-state index contributed by atoms with van der Waals surface area (Å²) in [5, 5.41) is 4.31. The molecule has 3 aromatic carbocycles. The van der Waals surface area contributed by atoms with Crippen molar-refractivity contribution in [3.63, 3.8) is 0 Å². The molecular formula is C50H41NS. The molecule has 0 N–H and O–H groups in total. The fourth-order valence-electron chi connectivity index (χ4n) is 7.30. The lowest BCUT2D eigenvalue weighted by molar-refractivity contribution is 1.05. The monoisotopic (exact) mass is 687 g/mol. The third-order valence-corrected chi connectivity index (χ3v) is 9.85. The van der Waals surface area contributed by atoms with E-state index in [4.69, 9.17) is 12.2 Å². The minimum atomic E-state index is -0.165. The zero-order valence-electron chi connectivity index (χ0n) is 29.8. The Hall–Kier alpha value is -5.93. The summed E-state index contributed by atoms with van der Waals surface area (Å²) in [5.41, 5.74) is 12.7. The molecule has 0 radical (unpaired) electrons. The molecule has 1 aromatic heterocycles. The smallest absolute Gasteiger partial charge is 0.0720 e. The van der Waals surface area contributed by atoms with Crippen molar-refractivity contribution < 1.29 is 0 Å². The maximum Gasteiger partial charge on any atom is 0.0720 e. The predicted molar refractivity (Wildman–Crippen MR) is 229 cm³/mol. The van der Waals surface area contributed by atoms with Gasteiger partial charge in [-0.3, -0.25) is 0 Å². The molecule has 1 atom stereocenters. The molecule has 0 amide bonds. The van der Waals surface area contributed by atoms with E-state index in [-0.39, 0.29) is 5.92 Å². The zero-order valence-corrected chi connectivity index (χ0v) is 30.6. The normalized spacial score (nSPS) is 20.8. The highest BCUT2D eigenvalue weighted by atomic mass is 32.1. The van der Waals surface area contributed by atoms with E-state index in [1.165, 1.54) is 38.6 Å². The van der Waals surface area contributed by atoms with Gasteiger partial charge in [0.05, 0.1) is 17.0 Å². The highest BCUT2D eigenvalue weighted by molar-refractivity contribution is 7.79. The van der Waals surface area contributed by atoms with Crippen molar-refractivity contribution in [1.29, 1.82) is 0 Å². The summed E-state index contributed by atoms with van der Waals surface area (Å²) in [6.45, 7) is 4.21. The summed E-state index contributed by atoms with van der Waals surface area (Å²) in [6.07, 6.45) is 33.4. The predicted octanol–water partition coefficient (Wildman–Crippen LogP) is 12.8. The Bertz CT molecular complexity index is 2480. The average Bonchev–Trinajstić information content (AvgIpc) is 3.47. The number of thiocarbonyl (C=S) groups is 1. The van der Waals surface area contributed by atoms with Gasteiger partial charge in [-0.1, -0.05) is 176 Å². The zero-order chi connectivity index (χ0) is 35.7. The van der Waals surface area contributed by atoms with Gasteiger partial charge < -0.3 is 4.57 Å². The third-order valence-electron chi connectivity index (χ3n) is 9.61.